The number of nitrogens with zero attached hydrogens (tertiary/aromatic N) is 4. The minimum absolute atomic E-state index is 0.125. The molecule has 0 saturated carbocycles. The van der Waals surface area contributed by atoms with Gasteiger partial charge in [0.1, 0.15) is 0 Å². The van der Waals surface area contributed by atoms with Gasteiger partial charge in [-0.25, -0.2) is 0 Å². The second kappa shape index (κ2) is 5.75. The Bertz CT molecular complexity index is 720. The topological polar surface area (TPSA) is 55.6 Å². The van der Waals surface area contributed by atoms with E-state index >= 15 is 0 Å². The Morgan fingerprint density at radius 3 is 2.48 bits per heavy atom. The van der Waals surface area contributed by atoms with Gasteiger partial charge in [-0.1, -0.05) is 53.6 Å². The van der Waals surface area contributed by atoms with Crippen molar-refractivity contribution in [3.8, 4) is 5.69 Å². The third-order valence-electron chi connectivity index (χ3n) is 3.46. The molecule has 1 aromatic heterocycles. The van der Waals surface area contributed by atoms with Crippen molar-refractivity contribution in [2.45, 2.75) is 19.9 Å². The van der Waals surface area contributed by atoms with Crippen LogP contribution in [-0.4, -0.2) is 20.2 Å². The van der Waals surface area contributed by atoms with E-state index < -0.39 is 0 Å². The SMILES string of the molecule is Cc1ccccc1-n1nnnc1N[C@H](C)c1ccccc1. The van der Waals surface area contributed by atoms with Gasteiger partial charge in [-0.05, 0) is 41.5 Å². The minimum atomic E-state index is 0.125. The molecule has 0 radical (unpaired) electrons. The molecular formula is C16H17N5. The molecule has 0 fully saturated rings. The van der Waals surface area contributed by atoms with Gasteiger partial charge in [0, 0.05) is 0 Å². The van der Waals surface area contributed by atoms with Gasteiger partial charge in [0.15, 0.2) is 0 Å². The summed E-state index contributed by atoms with van der Waals surface area (Å²) in [5.41, 5.74) is 3.29. The molecule has 2 aromatic carbocycles. The van der Waals surface area contributed by atoms with Crippen LogP contribution in [0.4, 0.5) is 5.95 Å². The van der Waals surface area contributed by atoms with Gasteiger partial charge >= 0.3 is 0 Å². The Morgan fingerprint density at radius 1 is 1.00 bits per heavy atom. The van der Waals surface area contributed by atoms with Crippen molar-refractivity contribution in [2.75, 3.05) is 5.32 Å². The maximum absolute atomic E-state index is 4.09. The molecule has 0 bridgehead atoms. The lowest BCUT2D eigenvalue weighted by atomic mass is 10.1. The molecule has 1 atom stereocenters. The number of tetrazole rings is 1. The maximum Gasteiger partial charge on any atom is 0.248 e. The largest absolute Gasteiger partial charge is 0.346 e. The third kappa shape index (κ3) is 2.76. The first-order valence-corrected chi connectivity index (χ1v) is 6.91. The van der Waals surface area contributed by atoms with E-state index in [0.717, 1.165) is 11.3 Å². The van der Waals surface area contributed by atoms with E-state index in [2.05, 4.69) is 39.9 Å². The fourth-order valence-electron chi connectivity index (χ4n) is 2.26. The quantitative estimate of drug-likeness (QED) is 0.797. The van der Waals surface area contributed by atoms with E-state index in [9.17, 15) is 0 Å². The van der Waals surface area contributed by atoms with Crippen LogP contribution in [0.3, 0.4) is 0 Å². The zero-order chi connectivity index (χ0) is 14.7. The molecule has 0 aliphatic heterocycles. The molecule has 0 saturated heterocycles. The molecule has 0 aliphatic rings. The van der Waals surface area contributed by atoms with E-state index in [1.54, 1.807) is 4.68 Å². The summed E-state index contributed by atoms with van der Waals surface area (Å²) in [6.07, 6.45) is 0. The number of para-hydroxylation sites is 1. The molecule has 5 nitrogen and oxygen atoms in total. The molecule has 0 unspecified atom stereocenters. The van der Waals surface area contributed by atoms with Gasteiger partial charge in [0.25, 0.3) is 0 Å². The van der Waals surface area contributed by atoms with E-state index in [4.69, 9.17) is 0 Å². The van der Waals surface area contributed by atoms with Crippen LogP contribution in [0.15, 0.2) is 54.6 Å². The van der Waals surface area contributed by atoms with Gasteiger partial charge in [0.05, 0.1) is 11.7 Å². The second-order valence-corrected chi connectivity index (χ2v) is 4.98. The lowest BCUT2D eigenvalue weighted by Crippen LogP contribution is -2.12. The van der Waals surface area contributed by atoms with Crippen LogP contribution in [0.25, 0.3) is 5.69 Å². The van der Waals surface area contributed by atoms with Crippen LogP contribution in [0.5, 0.6) is 0 Å². The summed E-state index contributed by atoms with van der Waals surface area (Å²) in [7, 11) is 0. The number of hydrogen-bond acceptors (Lipinski definition) is 4. The standard InChI is InChI=1S/C16H17N5/c1-12-8-6-7-11-15(12)21-16(18-19-20-21)17-13(2)14-9-4-3-5-10-14/h3-11,13H,1-2H3,(H,17,18,20)/t13-/m1/s1. The van der Waals surface area contributed by atoms with Gasteiger partial charge in [-0.2, -0.15) is 4.68 Å². The van der Waals surface area contributed by atoms with Crippen LogP contribution in [0.2, 0.25) is 0 Å². The smallest absolute Gasteiger partial charge is 0.248 e. The van der Waals surface area contributed by atoms with Crippen molar-refractivity contribution in [3.63, 3.8) is 0 Å². The lowest BCUT2D eigenvalue weighted by Gasteiger charge is -2.15. The number of nitrogens with one attached hydrogen (secondary N) is 1. The number of aryl methyl sites for hydroxylation is 1. The number of anilines is 1. The average Bonchev–Trinajstić information content (AvgIpc) is 2.96. The van der Waals surface area contributed by atoms with Crippen molar-refractivity contribution < 1.29 is 0 Å². The first-order valence-electron chi connectivity index (χ1n) is 6.91. The average molecular weight is 279 g/mol. The highest BCUT2D eigenvalue weighted by atomic mass is 15.6. The Kier molecular flexibility index (Phi) is 3.64. The van der Waals surface area contributed by atoms with E-state index in [1.807, 2.05) is 49.4 Å². The number of benzene rings is 2. The van der Waals surface area contributed by atoms with Crippen molar-refractivity contribution in [2.24, 2.45) is 0 Å². The van der Waals surface area contributed by atoms with Crippen molar-refractivity contribution in [1.29, 1.82) is 0 Å². The van der Waals surface area contributed by atoms with Gasteiger partial charge < -0.3 is 5.32 Å². The lowest BCUT2D eigenvalue weighted by molar-refractivity contribution is 0.777. The summed E-state index contributed by atoms with van der Waals surface area (Å²) < 4.78 is 1.73. The minimum Gasteiger partial charge on any atom is -0.346 e. The molecule has 3 rings (SSSR count). The molecule has 1 N–H and O–H groups in total. The Balaban J connectivity index is 1.88. The van der Waals surface area contributed by atoms with E-state index in [1.165, 1.54) is 5.56 Å². The summed E-state index contributed by atoms with van der Waals surface area (Å²) in [6.45, 7) is 4.13. The molecular weight excluding hydrogens is 262 g/mol. The molecule has 5 heteroatoms. The Hall–Kier alpha value is -2.69. The molecule has 21 heavy (non-hydrogen) atoms. The van der Waals surface area contributed by atoms with Crippen molar-refractivity contribution >= 4 is 5.95 Å². The van der Waals surface area contributed by atoms with Crippen LogP contribution >= 0.6 is 0 Å². The van der Waals surface area contributed by atoms with E-state index in [0.29, 0.717) is 5.95 Å². The molecule has 106 valence electrons. The number of hydrogen-bond donors (Lipinski definition) is 1. The monoisotopic (exact) mass is 279 g/mol. The van der Waals surface area contributed by atoms with Gasteiger partial charge in [0.2, 0.25) is 5.95 Å². The van der Waals surface area contributed by atoms with Gasteiger partial charge in [-0.3, -0.25) is 0 Å². The Labute approximate surface area is 123 Å². The highest BCUT2D eigenvalue weighted by molar-refractivity contribution is 5.45. The first kappa shape index (κ1) is 13.3. The van der Waals surface area contributed by atoms with Crippen LogP contribution in [0, 0.1) is 6.92 Å². The van der Waals surface area contributed by atoms with Gasteiger partial charge in [-0.15, -0.1) is 0 Å². The normalized spacial score (nSPS) is 12.1. The molecule has 0 spiro atoms. The highest BCUT2D eigenvalue weighted by Crippen LogP contribution is 2.20. The maximum atomic E-state index is 4.09. The zero-order valence-electron chi connectivity index (χ0n) is 12.1. The molecule has 3 aromatic rings. The first-order chi connectivity index (χ1) is 10.3. The summed E-state index contributed by atoms with van der Waals surface area (Å²) in [6, 6.07) is 18.4. The van der Waals surface area contributed by atoms with Crippen LogP contribution < -0.4 is 5.32 Å². The summed E-state index contributed by atoms with van der Waals surface area (Å²) >= 11 is 0. The summed E-state index contributed by atoms with van der Waals surface area (Å²) in [4.78, 5) is 0. The Morgan fingerprint density at radius 2 is 1.71 bits per heavy atom. The molecule has 1 heterocycles. The number of rotatable bonds is 4. The molecule has 0 amide bonds. The predicted molar refractivity (Wildman–Crippen MR) is 82.4 cm³/mol. The zero-order valence-corrected chi connectivity index (χ0v) is 12.1. The van der Waals surface area contributed by atoms with E-state index in [-0.39, 0.29) is 6.04 Å². The predicted octanol–water partition coefficient (Wildman–Crippen LogP) is 3.14. The fourth-order valence-corrected chi connectivity index (χ4v) is 2.26. The third-order valence-corrected chi connectivity index (χ3v) is 3.46. The fraction of sp³-hybridized carbons (Fsp3) is 0.188. The number of aromatic nitrogens is 4. The summed E-state index contributed by atoms with van der Waals surface area (Å²) in [5.74, 6) is 0.639. The van der Waals surface area contributed by atoms with Crippen LogP contribution in [-0.2, 0) is 0 Å². The van der Waals surface area contributed by atoms with Crippen molar-refractivity contribution in [3.05, 3.63) is 65.7 Å². The molecule has 0 aliphatic carbocycles. The second-order valence-electron chi connectivity index (χ2n) is 4.98. The summed E-state index contributed by atoms with van der Waals surface area (Å²) in [5, 5.41) is 15.3. The van der Waals surface area contributed by atoms with Crippen molar-refractivity contribution in [1.82, 2.24) is 20.2 Å². The van der Waals surface area contributed by atoms with Crippen LogP contribution in [0.1, 0.15) is 24.1 Å². The highest BCUT2D eigenvalue weighted by Gasteiger charge is 2.13.